The molecule has 7 heteroatoms. The van der Waals surface area contributed by atoms with Crippen LogP contribution in [0.2, 0.25) is 0 Å². The van der Waals surface area contributed by atoms with Crippen LogP contribution in [-0.4, -0.2) is 21.5 Å². The fraction of sp³-hybridized carbons (Fsp3) is 0.188. The molecule has 23 heavy (non-hydrogen) atoms. The summed E-state index contributed by atoms with van der Waals surface area (Å²) in [6, 6.07) is 8.50. The maximum atomic E-state index is 6.30. The number of aromatic nitrogens is 3. The first-order valence-electron chi connectivity index (χ1n) is 7.40. The highest BCUT2D eigenvalue weighted by Crippen LogP contribution is 2.31. The molecule has 0 radical (unpaired) electrons. The number of benzene rings is 1. The summed E-state index contributed by atoms with van der Waals surface area (Å²) < 4.78 is 0. The van der Waals surface area contributed by atoms with Crippen LogP contribution in [0.4, 0.5) is 22.5 Å². The quantitative estimate of drug-likeness (QED) is 0.771. The predicted molar refractivity (Wildman–Crippen MR) is 93.0 cm³/mol. The van der Waals surface area contributed by atoms with Gasteiger partial charge in [-0.3, -0.25) is 0 Å². The van der Waals surface area contributed by atoms with Crippen molar-refractivity contribution in [1.29, 1.82) is 0 Å². The normalized spacial score (nSPS) is 13.7. The van der Waals surface area contributed by atoms with Crippen molar-refractivity contribution in [2.45, 2.75) is 13.0 Å². The summed E-state index contributed by atoms with van der Waals surface area (Å²) in [4.78, 5) is 15.0. The first-order chi connectivity index (χ1) is 11.3. The molecule has 1 aromatic carbocycles. The summed E-state index contributed by atoms with van der Waals surface area (Å²) >= 11 is 1.51. The first kappa shape index (κ1) is 14.0. The summed E-state index contributed by atoms with van der Waals surface area (Å²) in [6.07, 6.45) is 4.28. The van der Waals surface area contributed by atoms with Crippen molar-refractivity contribution < 1.29 is 0 Å². The molecule has 0 unspecified atom stereocenters. The largest absolute Gasteiger partial charge is 0.393 e. The maximum Gasteiger partial charge on any atom is 0.188 e. The summed E-state index contributed by atoms with van der Waals surface area (Å²) in [6.45, 7) is 1.71. The number of thiazole rings is 1. The number of hydrogen-bond donors (Lipinski definition) is 2. The third-order valence-corrected chi connectivity index (χ3v) is 4.64. The lowest BCUT2D eigenvalue weighted by Crippen LogP contribution is -2.31. The molecular formula is C16H16N6S. The summed E-state index contributed by atoms with van der Waals surface area (Å²) in [5.74, 6) is 1.37. The Labute approximate surface area is 138 Å². The standard InChI is InChI=1S/C16H16N6S/c17-13-14(21-16-18-6-8-23-16)19-10-20-15(13)22-7-5-11-3-1-2-4-12(11)9-22/h1-4,6,8,10H,5,7,9,17H2,(H,18,19,20,21). The van der Waals surface area contributed by atoms with Crippen LogP contribution in [0.1, 0.15) is 11.1 Å². The number of nitrogens with zero attached hydrogens (tertiary/aromatic N) is 4. The summed E-state index contributed by atoms with van der Waals surface area (Å²) in [5, 5.41) is 5.83. The van der Waals surface area contributed by atoms with Gasteiger partial charge in [0.1, 0.15) is 12.0 Å². The van der Waals surface area contributed by atoms with E-state index >= 15 is 0 Å². The number of nitrogen functional groups attached to an aromatic ring is 1. The van der Waals surface area contributed by atoms with Gasteiger partial charge in [-0.1, -0.05) is 24.3 Å². The van der Waals surface area contributed by atoms with Gasteiger partial charge in [0, 0.05) is 24.7 Å². The lowest BCUT2D eigenvalue weighted by Gasteiger charge is -2.30. The Morgan fingerprint density at radius 1 is 1.13 bits per heavy atom. The third-order valence-electron chi connectivity index (χ3n) is 3.95. The minimum Gasteiger partial charge on any atom is -0.393 e. The Morgan fingerprint density at radius 3 is 2.83 bits per heavy atom. The molecule has 3 aromatic rings. The average molecular weight is 324 g/mol. The van der Waals surface area contributed by atoms with Crippen molar-refractivity contribution in [3.05, 3.63) is 53.3 Å². The van der Waals surface area contributed by atoms with Crippen LogP contribution in [0, 0.1) is 0 Å². The fourth-order valence-corrected chi connectivity index (χ4v) is 3.33. The van der Waals surface area contributed by atoms with Crippen LogP contribution in [0.5, 0.6) is 0 Å². The number of rotatable bonds is 3. The lowest BCUT2D eigenvalue weighted by atomic mass is 10.00. The molecule has 0 saturated heterocycles. The van der Waals surface area contributed by atoms with Gasteiger partial charge >= 0.3 is 0 Å². The van der Waals surface area contributed by atoms with E-state index in [4.69, 9.17) is 5.73 Å². The molecule has 0 amide bonds. The van der Waals surface area contributed by atoms with E-state index < -0.39 is 0 Å². The smallest absolute Gasteiger partial charge is 0.188 e. The van der Waals surface area contributed by atoms with Crippen LogP contribution in [0.3, 0.4) is 0 Å². The van der Waals surface area contributed by atoms with E-state index in [1.165, 1.54) is 22.5 Å². The van der Waals surface area contributed by atoms with E-state index in [0.717, 1.165) is 30.5 Å². The Bertz CT molecular complexity index is 817. The molecule has 0 atom stereocenters. The van der Waals surface area contributed by atoms with Crippen molar-refractivity contribution >= 4 is 33.8 Å². The lowest BCUT2D eigenvalue weighted by molar-refractivity contribution is 0.721. The first-order valence-corrected chi connectivity index (χ1v) is 8.28. The minimum atomic E-state index is 0.557. The Kier molecular flexibility index (Phi) is 3.55. The zero-order chi connectivity index (χ0) is 15.6. The highest BCUT2D eigenvalue weighted by molar-refractivity contribution is 7.13. The maximum absolute atomic E-state index is 6.30. The Balaban J connectivity index is 1.62. The average Bonchev–Trinajstić information content (AvgIpc) is 3.09. The molecule has 4 rings (SSSR count). The third kappa shape index (κ3) is 2.70. The van der Waals surface area contributed by atoms with Crippen molar-refractivity contribution in [2.75, 3.05) is 22.5 Å². The van der Waals surface area contributed by atoms with Crippen LogP contribution in [0.15, 0.2) is 42.2 Å². The SMILES string of the molecule is Nc1c(Nc2nccs2)ncnc1N1CCc2ccccc2C1. The van der Waals surface area contributed by atoms with Gasteiger partial charge in [-0.25, -0.2) is 15.0 Å². The van der Waals surface area contributed by atoms with Crippen molar-refractivity contribution in [2.24, 2.45) is 0 Å². The zero-order valence-electron chi connectivity index (χ0n) is 12.4. The van der Waals surface area contributed by atoms with Crippen LogP contribution >= 0.6 is 11.3 Å². The highest BCUT2D eigenvalue weighted by atomic mass is 32.1. The fourth-order valence-electron chi connectivity index (χ4n) is 2.80. The van der Waals surface area contributed by atoms with E-state index in [2.05, 4.69) is 49.4 Å². The number of nitrogens with one attached hydrogen (secondary N) is 1. The number of hydrogen-bond acceptors (Lipinski definition) is 7. The van der Waals surface area contributed by atoms with E-state index in [0.29, 0.717) is 11.5 Å². The monoisotopic (exact) mass is 324 g/mol. The van der Waals surface area contributed by atoms with E-state index in [1.54, 1.807) is 12.5 Å². The molecule has 0 fully saturated rings. The molecule has 3 N–H and O–H groups in total. The molecule has 0 aliphatic carbocycles. The number of nitrogens with two attached hydrogens (primary N) is 1. The summed E-state index contributed by atoms with van der Waals surface area (Å²) in [7, 11) is 0. The predicted octanol–water partition coefficient (Wildman–Crippen LogP) is 2.82. The van der Waals surface area contributed by atoms with Gasteiger partial charge in [-0.05, 0) is 17.5 Å². The second-order valence-electron chi connectivity index (χ2n) is 5.36. The Morgan fingerprint density at radius 2 is 2.00 bits per heavy atom. The van der Waals surface area contributed by atoms with Gasteiger partial charge in [0.15, 0.2) is 16.8 Å². The van der Waals surface area contributed by atoms with Crippen LogP contribution in [-0.2, 0) is 13.0 Å². The molecule has 1 aliphatic rings. The van der Waals surface area contributed by atoms with Crippen LogP contribution in [0.25, 0.3) is 0 Å². The summed E-state index contributed by atoms with van der Waals surface area (Å²) in [5.41, 5.74) is 9.58. The molecule has 2 aromatic heterocycles. The molecule has 0 saturated carbocycles. The van der Waals surface area contributed by atoms with Crippen LogP contribution < -0.4 is 16.0 Å². The molecule has 1 aliphatic heterocycles. The second-order valence-corrected chi connectivity index (χ2v) is 6.26. The number of fused-ring (bicyclic) bond motifs is 1. The van der Waals surface area contributed by atoms with E-state index in [-0.39, 0.29) is 0 Å². The van der Waals surface area contributed by atoms with Gasteiger partial charge in [-0.2, -0.15) is 0 Å². The molecular weight excluding hydrogens is 308 g/mol. The van der Waals surface area contributed by atoms with Gasteiger partial charge in [0.2, 0.25) is 0 Å². The van der Waals surface area contributed by atoms with Gasteiger partial charge < -0.3 is 16.0 Å². The van der Waals surface area contributed by atoms with Gasteiger partial charge in [0.25, 0.3) is 0 Å². The molecule has 116 valence electrons. The zero-order valence-corrected chi connectivity index (χ0v) is 13.3. The highest BCUT2D eigenvalue weighted by Gasteiger charge is 2.20. The van der Waals surface area contributed by atoms with Gasteiger partial charge in [-0.15, -0.1) is 11.3 Å². The molecule has 6 nitrogen and oxygen atoms in total. The molecule has 0 bridgehead atoms. The minimum absolute atomic E-state index is 0.557. The topological polar surface area (TPSA) is 80.0 Å². The molecule has 0 spiro atoms. The van der Waals surface area contributed by atoms with E-state index in [9.17, 15) is 0 Å². The van der Waals surface area contributed by atoms with Crippen molar-refractivity contribution in [3.8, 4) is 0 Å². The Hall–Kier alpha value is -2.67. The second kappa shape index (κ2) is 5.85. The van der Waals surface area contributed by atoms with E-state index in [1.807, 2.05) is 5.38 Å². The van der Waals surface area contributed by atoms with Gasteiger partial charge in [0.05, 0.1) is 0 Å². The van der Waals surface area contributed by atoms with Crippen molar-refractivity contribution in [1.82, 2.24) is 15.0 Å². The molecule has 3 heterocycles. The van der Waals surface area contributed by atoms with Crippen molar-refractivity contribution in [3.63, 3.8) is 0 Å². The number of anilines is 4.